The first-order chi connectivity index (χ1) is 15.9. The van der Waals surface area contributed by atoms with E-state index < -0.39 is 23.3 Å². The minimum Gasteiger partial charge on any atom is -0.493 e. The van der Waals surface area contributed by atoms with Crippen LogP contribution in [0.3, 0.4) is 0 Å². The number of amides is 2. The number of rotatable bonds is 1. The zero-order chi connectivity index (χ0) is 22.9. The van der Waals surface area contributed by atoms with Gasteiger partial charge in [0.05, 0.1) is 23.9 Å². The third-order valence-electron chi connectivity index (χ3n) is 7.24. The van der Waals surface area contributed by atoms with Gasteiger partial charge >= 0.3 is 0 Å². The first kappa shape index (κ1) is 20.2. The summed E-state index contributed by atoms with van der Waals surface area (Å²) in [6, 6.07) is 18.4. The van der Waals surface area contributed by atoms with Crippen molar-refractivity contribution in [2.24, 2.45) is 5.92 Å². The van der Waals surface area contributed by atoms with Gasteiger partial charge in [0.25, 0.3) is 11.8 Å². The number of hydrogen-bond donors (Lipinski definition) is 1. The van der Waals surface area contributed by atoms with Crippen molar-refractivity contribution in [3.05, 3.63) is 94.3 Å². The van der Waals surface area contributed by atoms with E-state index in [-0.39, 0.29) is 23.3 Å². The number of carbonyl (C=O) groups is 2. The fraction of sp³-hybridized carbons (Fsp3) is 0.231. The highest BCUT2D eigenvalue weighted by Gasteiger charge is 2.65. The number of nitrogens with zero attached hydrogens (tertiary/aromatic N) is 1. The van der Waals surface area contributed by atoms with Crippen LogP contribution in [0.25, 0.3) is 0 Å². The van der Waals surface area contributed by atoms with Crippen LogP contribution in [0.5, 0.6) is 5.75 Å². The Labute approximate surface area is 195 Å². The molecule has 3 aliphatic heterocycles. The Morgan fingerprint density at radius 2 is 1.88 bits per heavy atom. The van der Waals surface area contributed by atoms with E-state index in [1.807, 2.05) is 30.3 Å². The Hall–Kier alpha value is -3.38. The summed E-state index contributed by atoms with van der Waals surface area (Å²) in [7, 11) is 0. The second kappa shape index (κ2) is 7.06. The maximum Gasteiger partial charge on any atom is 0.257 e. The van der Waals surface area contributed by atoms with Crippen molar-refractivity contribution in [3.63, 3.8) is 0 Å². The van der Waals surface area contributed by atoms with Gasteiger partial charge in [0.2, 0.25) is 0 Å². The number of anilines is 1. The Kier molecular flexibility index (Phi) is 4.33. The molecule has 0 unspecified atom stereocenters. The third kappa shape index (κ3) is 2.77. The molecule has 7 heteroatoms. The Morgan fingerprint density at radius 3 is 2.67 bits per heavy atom. The van der Waals surface area contributed by atoms with E-state index >= 15 is 0 Å². The molecular formula is C26H20ClFN2O3. The highest BCUT2D eigenvalue weighted by atomic mass is 35.5. The van der Waals surface area contributed by atoms with Crippen molar-refractivity contribution < 1.29 is 18.7 Å². The maximum absolute atomic E-state index is 14.2. The number of hydrogen-bond acceptors (Lipinski definition) is 3. The van der Waals surface area contributed by atoms with E-state index in [4.69, 9.17) is 16.3 Å². The van der Waals surface area contributed by atoms with Crippen molar-refractivity contribution >= 4 is 29.1 Å². The van der Waals surface area contributed by atoms with Crippen molar-refractivity contribution in [1.29, 1.82) is 0 Å². The Morgan fingerprint density at radius 1 is 1.09 bits per heavy atom. The van der Waals surface area contributed by atoms with E-state index in [1.165, 1.54) is 18.2 Å². The van der Waals surface area contributed by atoms with Crippen LogP contribution in [0.2, 0.25) is 5.02 Å². The fourth-order valence-corrected chi connectivity index (χ4v) is 6.04. The van der Waals surface area contributed by atoms with Gasteiger partial charge in [0.15, 0.2) is 0 Å². The van der Waals surface area contributed by atoms with E-state index in [9.17, 15) is 14.0 Å². The summed E-state index contributed by atoms with van der Waals surface area (Å²) in [4.78, 5) is 29.5. The van der Waals surface area contributed by atoms with Crippen LogP contribution in [0.15, 0.2) is 66.7 Å². The molecule has 3 heterocycles. The van der Waals surface area contributed by atoms with Gasteiger partial charge in [0.1, 0.15) is 17.1 Å². The lowest BCUT2D eigenvalue weighted by molar-refractivity contribution is -0.125. The molecule has 1 N–H and O–H groups in total. The van der Waals surface area contributed by atoms with E-state index in [0.717, 1.165) is 11.1 Å². The first-order valence-corrected chi connectivity index (χ1v) is 11.2. The van der Waals surface area contributed by atoms with Gasteiger partial charge in [-0.15, -0.1) is 0 Å². The van der Waals surface area contributed by atoms with Crippen LogP contribution in [0, 0.1) is 11.7 Å². The molecular weight excluding hydrogens is 443 g/mol. The predicted octanol–water partition coefficient (Wildman–Crippen LogP) is 5.18. The fourth-order valence-electron chi connectivity index (χ4n) is 5.86. The van der Waals surface area contributed by atoms with Gasteiger partial charge in [-0.1, -0.05) is 41.9 Å². The standard InChI is InChI=1S/C26H20ClFN2O3/c1-26-22(14-5-3-2-4-6-14)19-13-33-21-10-7-15(27)11-18(21)23(19)30(26)24(31)17-12-16(28)8-9-20(17)29-25(26)32/h2-12,19,22-23H,13H2,1H3,(H,29,32)/t19-,22+,23+,26-/m1/s1. The van der Waals surface area contributed by atoms with Crippen LogP contribution in [-0.4, -0.2) is 28.9 Å². The zero-order valence-corrected chi connectivity index (χ0v) is 18.5. The van der Waals surface area contributed by atoms with Crippen molar-refractivity contribution in [1.82, 2.24) is 4.90 Å². The van der Waals surface area contributed by atoms with Crippen LogP contribution in [0.4, 0.5) is 10.1 Å². The molecule has 3 aliphatic rings. The molecule has 0 aromatic heterocycles. The number of carbonyl (C=O) groups excluding carboxylic acids is 2. The molecule has 33 heavy (non-hydrogen) atoms. The highest BCUT2D eigenvalue weighted by Crippen LogP contribution is 2.60. The molecule has 1 saturated heterocycles. The zero-order valence-electron chi connectivity index (χ0n) is 17.7. The average Bonchev–Trinajstić information content (AvgIpc) is 3.06. The van der Waals surface area contributed by atoms with Gasteiger partial charge in [-0.25, -0.2) is 4.39 Å². The normalized spacial score (nSPS) is 27.5. The number of fused-ring (bicyclic) bond motifs is 6. The first-order valence-electron chi connectivity index (χ1n) is 10.8. The van der Waals surface area contributed by atoms with Crippen molar-refractivity contribution in [2.45, 2.75) is 24.4 Å². The summed E-state index contributed by atoms with van der Waals surface area (Å²) >= 11 is 6.34. The summed E-state index contributed by atoms with van der Waals surface area (Å²) < 4.78 is 20.3. The topological polar surface area (TPSA) is 58.6 Å². The molecule has 2 amide bonds. The molecule has 5 nitrogen and oxygen atoms in total. The minimum absolute atomic E-state index is 0.134. The highest BCUT2D eigenvalue weighted by molar-refractivity contribution is 6.30. The van der Waals surface area contributed by atoms with Crippen LogP contribution in [-0.2, 0) is 4.79 Å². The lowest BCUT2D eigenvalue weighted by atomic mass is 9.73. The van der Waals surface area contributed by atoms with E-state index in [1.54, 1.807) is 30.0 Å². The number of benzene rings is 3. The van der Waals surface area contributed by atoms with E-state index in [2.05, 4.69) is 5.32 Å². The lowest BCUT2D eigenvalue weighted by Gasteiger charge is -2.38. The van der Waals surface area contributed by atoms with Gasteiger partial charge in [-0.05, 0) is 48.9 Å². The number of halogens is 2. The molecule has 0 bridgehead atoms. The largest absolute Gasteiger partial charge is 0.493 e. The summed E-state index contributed by atoms with van der Waals surface area (Å²) in [5.74, 6) is -1.16. The number of nitrogens with one attached hydrogen (secondary N) is 1. The summed E-state index contributed by atoms with van der Waals surface area (Å²) in [6.07, 6.45) is 0. The molecule has 0 spiro atoms. The van der Waals surface area contributed by atoms with Gasteiger partial charge < -0.3 is 15.0 Å². The monoisotopic (exact) mass is 462 g/mol. The molecule has 166 valence electrons. The smallest absolute Gasteiger partial charge is 0.257 e. The van der Waals surface area contributed by atoms with Crippen molar-refractivity contribution in [2.75, 3.05) is 11.9 Å². The SMILES string of the molecule is C[C@@]12C(=O)Nc3ccc(F)cc3C(=O)N1[C@H]1c3cc(Cl)ccc3OC[C@@H]1[C@@H]2c1ccccc1. The summed E-state index contributed by atoms with van der Waals surface area (Å²) in [6.45, 7) is 2.13. The Bertz CT molecular complexity index is 1310. The molecule has 4 atom stereocenters. The second-order valence-corrected chi connectivity index (χ2v) is 9.39. The van der Waals surface area contributed by atoms with Crippen molar-refractivity contribution in [3.8, 4) is 5.75 Å². The van der Waals surface area contributed by atoms with Crippen LogP contribution in [0.1, 0.15) is 40.4 Å². The molecule has 0 radical (unpaired) electrons. The molecule has 3 aromatic rings. The van der Waals surface area contributed by atoms with Gasteiger partial charge in [-0.3, -0.25) is 9.59 Å². The second-order valence-electron chi connectivity index (χ2n) is 8.96. The third-order valence-corrected chi connectivity index (χ3v) is 7.47. The molecule has 0 saturated carbocycles. The quantitative estimate of drug-likeness (QED) is 0.542. The van der Waals surface area contributed by atoms with Gasteiger partial charge in [0, 0.05) is 22.4 Å². The molecule has 0 aliphatic carbocycles. The van der Waals surface area contributed by atoms with E-state index in [0.29, 0.717) is 23.1 Å². The molecule has 6 rings (SSSR count). The Balaban J connectivity index is 1.64. The minimum atomic E-state index is -1.24. The van der Waals surface area contributed by atoms with Crippen LogP contribution >= 0.6 is 11.6 Å². The summed E-state index contributed by atoms with van der Waals surface area (Å²) in [5.41, 5.74) is 0.894. The van der Waals surface area contributed by atoms with Crippen LogP contribution < -0.4 is 10.1 Å². The molecule has 1 fully saturated rings. The number of ether oxygens (including phenoxy) is 1. The average molecular weight is 463 g/mol. The maximum atomic E-state index is 14.2. The van der Waals surface area contributed by atoms with Gasteiger partial charge in [-0.2, -0.15) is 0 Å². The summed E-state index contributed by atoms with van der Waals surface area (Å²) in [5, 5.41) is 3.42. The lowest BCUT2D eigenvalue weighted by Crippen LogP contribution is -2.54. The predicted molar refractivity (Wildman–Crippen MR) is 122 cm³/mol. The molecule has 3 aromatic carbocycles.